The number of carbonyl (C=O) groups is 2. The van der Waals surface area contributed by atoms with E-state index in [1.807, 2.05) is 0 Å². The summed E-state index contributed by atoms with van der Waals surface area (Å²) in [5.74, 6) is -1.05. The van der Waals surface area contributed by atoms with E-state index in [0.29, 0.717) is 5.69 Å². The first-order valence-corrected chi connectivity index (χ1v) is 8.49. The molecule has 1 heterocycles. The van der Waals surface area contributed by atoms with Crippen molar-refractivity contribution in [1.29, 1.82) is 0 Å². The smallest absolute Gasteiger partial charge is 0.350 e. The molecule has 128 valence electrons. The number of nitrogens with one attached hydrogen (secondary N) is 1. The Morgan fingerprint density at radius 3 is 2.46 bits per heavy atom. The van der Waals surface area contributed by atoms with Crippen molar-refractivity contribution in [3.8, 4) is 10.4 Å². The van der Waals surface area contributed by atoms with Crippen LogP contribution >= 0.6 is 22.9 Å². The molecular formula is C17H17ClFNO3S. The van der Waals surface area contributed by atoms with Crippen LogP contribution in [-0.4, -0.2) is 24.9 Å². The van der Waals surface area contributed by atoms with Gasteiger partial charge in [0.15, 0.2) is 0 Å². The molecule has 1 aromatic carbocycles. The molecule has 0 saturated heterocycles. The fourth-order valence-corrected chi connectivity index (χ4v) is 3.00. The van der Waals surface area contributed by atoms with Crippen molar-refractivity contribution < 1.29 is 18.7 Å². The number of thiophene rings is 1. The summed E-state index contributed by atoms with van der Waals surface area (Å²) in [5.41, 5.74) is 0.311. The number of hydrogen-bond donors (Lipinski definition) is 1. The van der Waals surface area contributed by atoms with E-state index < -0.39 is 11.4 Å². The molecule has 24 heavy (non-hydrogen) atoms. The second-order valence-electron chi connectivity index (χ2n) is 5.82. The number of esters is 1. The fraction of sp³-hybridized carbons (Fsp3) is 0.294. The minimum atomic E-state index is -0.785. The summed E-state index contributed by atoms with van der Waals surface area (Å²) < 4.78 is 17.8. The Balaban J connectivity index is 2.41. The predicted octanol–water partition coefficient (Wildman–Crippen LogP) is 4.54. The van der Waals surface area contributed by atoms with E-state index in [-0.39, 0.29) is 22.5 Å². The van der Waals surface area contributed by atoms with Gasteiger partial charge in [-0.05, 0) is 37.6 Å². The minimum Gasteiger partial charge on any atom is -0.465 e. The first-order chi connectivity index (χ1) is 11.3. The summed E-state index contributed by atoms with van der Waals surface area (Å²) in [7, 11) is 1.27. The lowest BCUT2D eigenvalue weighted by atomic mass is 9.95. The standard InChI is InChI=1S/C17H17ClFNO3S/c1-17(2,9-18)16(22)20-12-8-13(24-14(12)15(21)23-3)10-4-6-11(19)7-5-10/h4-8H,9H2,1-3H3,(H,20,22). The minimum absolute atomic E-state index is 0.140. The van der Waals surface area contributed by atoms with Crippen LogP contribution in [0.3, 0.4) is 0 Å². The summed E-state index contributed by atoms with van der Waals surface area (Å²) in [5, 5.41) is 2.73. The highest BCUT2D eigenvalue weighted by atomic mass is 35.5. The van der Waals surface area contributed by atoms with Crippen LogP contribution in [0.2, 0.25) is 0 Å². The van der Waals surface area contributed by atoms with Gasteiger partial charge >= 0.3 is 5.97 Å². The zero-order valence-electron chi connectivity index (χ0n) is 13.5. The molecule has 0 bridgehead atoms. The SMILES string of the molecule is COC(=O)c1sc(-c2ccc(F)cc2)cc1NC(=O)C(C)(C)CCl. The van der Waals surface area contributed by atoms with Gasteiger partial charge in [0.2, 0.25) is 5.91 Å². The molecule has 0 radical (unpaired) electrons. The van der Waals surface area contributed by atoms with Gasteiger partial charge in [-0.3, -0.25) is 4.79 Å². The lowest BCUT2D eigenvalue weighted by Crippen LogP contribution is -2.32. The van der Waals surface area contributed by atoms with Crippen molar-refractivity contribution in [2.75, 3.05) is 18.3 Å². The third kappa shape index (κ3) is 3.94. The molecule has 7 heteroatoms. The van der Waals surface area contributed by atoms with Crippen molar-refractivity contribution in [1.82, 2.24) is 0 Å². The average molecular weight is 370 g/mol. The molecule has 0 unspecified atom stereocenters. The predicted molar refractivity (Wildman–Crippen MR) is 94.2 cm³/mol. The number of alkyl halides is 1. The van der Waals surface area contributed by atoms with Crippen molar-refractivity contribution >= 4 is 40.5 Å². The first kappa shape index (κ1) is 18.4. The second-order valence-corrected chi connectivity index (χ2v) is 7.14. The van der Waals surface area contributed by atoms with E-state index in [1.54, 1.807) is 32.0 Å². The number of halogens is 2. The molecule has 1 amide bonds. The lowest BCUT2D eigenvalue weighted by molar-refractivity contribution is -0.122. The van der Waals surface area contributed by atoms with Gasteiger partial charge in [0.1, 0.15) is 10.7 Å². The van der Waals surface area contributed by atoms with Crippen LogP contribution in [0.4, 0.5) is 10.1 Å². The highest BCUT2D eigenvalue weighted by Gasteiger charge is 2.29. The van der Waals surface area contributed by atoms with Crippen molar-refractivity contribution in [2.24, 2.45) is 5.41 Å². The third-order valence-electron chi connectivity index (χ3n) is 3.43. The molecule has 0 aliphatic heterocycles. The summed E-state index contributed by atoms with van der Waals surface area (Å²) in [4.78, 5) is 25.3. The van der Waals surface area contributed by atoms with E-state index in [4.69, 9.17) is 16.3 Å². The molecule has 2 rings (SSSR count). The van der Waals surface area contributed by atoms with Crippen molar-refractivity contribution in [3.05, 3.63) is 41.0 Å². The molecule has 0 fully saturated rings. The van der Waals surface area contributed by atoms with E-state index in [0.717, 1.165) is 10.4 Å². The molecule has 4 nitrogen and oxygen atoms in total. The molecule has 0 aliphatic carbocycles. The number of ether oxygens (including phenoxy) is 1. The summed E-state index contributed by atoms with van der Waals surface area (Å²) >= 11 is 6.98. The molecule has 1 aromatic heterocycles. The highest BCUT2D eigenvalue weighted by molar-refractivity contribution is 7.18. The highest BCUT2D eigenvalue weighted by Crippen LogP contribution is 2.36. The van der Waals surface area contributed by atoms with E-state index in [9.17, 15) is 14.0 Å². The summed E-state index contributed by atoms with van der Waals surface area (Å²) in [6, 6.07) is 7.56. The molecule has 0 aliphatic rings. The monoisotopic (exact) mass is 369 g/mol. The number of rotatable bonds is 5. The average Bonchev–Trinajstić information content (AvgIpc) is 2.98. The van der Waals surface area contributed by atoms with Crippen LogP contribution in [-0.2, 0) is 9.53 Å². The third-order valence-corrected chi connectivity index (χ3v) is 5.26. The van der Waals surface area contributed by atoms with Crippen LogP contribution in [0, 0.1) is 11.2 Å². The maximum absolute atomic E-state index is 13.1. The van der Waals surface area contributed by atoms with Crippen LogP contribution in [0.25, 0.3) is 10.4 Å². The van der Waals surface area contributed by atoms with Crippen molar-refractivity contribution in [2.45, 2.75) is 13.8 Å². The molecular weight excluding hydrogens is 353 g/mol. The van der Waals surface area contributed by atoms with Gasteiger partial charge < -0.3 is 10.1 Å². The zero-order chi connectivity index (χ0) is 17.9. The Hall–Kier alpha value is -1.92. The van der Waals surface area contributed by atoms with Gasteiger partial charge in [0, 0.05) is 10.8 Å². The Kier molecular flexibility index (Phi) is 5.62. The molecule has 1 N–H and O–H groups in total. The number of methoxy groups -OCH3 is 1. The lowest BCUT2D eigenvalue weighted by Gasteiger charge is -2.20. The van der Waals surface area contributed by atoms with Gasteiger partial charge in [-0.2, -0.15) is 0 Å². The van der Waals surface area contributed by atoms with Gasteiger partial charge in [-0.25, -0.2) is 9.18 Å². The molecule has 2 aromatic rings. The number of anilines is 1. The second kappa shape index (κ2) is 7.32. The number of amides is 1. The largest absolute Gasteiger partial charge is 0.465 e. The van der Waals surface area contributed by atoms with Gasteiger partial charge in [-0.15, -0.1) is 22.9 Å². The van der Waals surface area contributed by atoms with E-state index in [1.165, 1.54) is 30.6 Å². The molecule has 0 atom stereocenters. The normalized spacial score (nSPS) is 11.2. The molecule has 0 spiro atoms. The van der Waals surface area contributed by atoms with Gasteiger partial charge in [0.05, 0.1) is 18.2 Å². The summed E-state index contributed by atoms with van der Waals surface area (Å²) in [6.45, 7) is 3.42. The quantitative estimate of drug-likeness (QED) is 0.621. The van der Waals surface area contributed by atoms with Crippen LogP contribution in [0.5, 0.6) is 0 Å². The number of carbonyl (C=O) groups excluding carboxylic acids is 2. The Bertz CT molecular complexity index is 756. The molecule has 0 saturated carbocycles. The zero-order valence-corrected chi connectivity index (χ0v) is 15.1. The van der Waals surface area contributed by atoms with Gasteiger partial charge in [-0.1, -0.05) is 12.1 Å². The van der Waals surface area contributed by atoms with Crippen LogP contribution in [0.15, 0.2) is 30.3 Å². The Morgan fingerprint density at radius 1 is 1.29 bits per heavy atom. The Morgan fingerprint density at radius 2 is 1.92 bits per heavy atom. The fourth-order valence-electron chi connectivity index (χ4n) is 1.84. The Labute approximate surface area is 148 Å². The maximum atomic E-state index is 13.1. The number of benzene rings is 1. The maximum Gasteiger partial charge on any atom is 0.350 e. The van der Waals surface area contributed by atoms with Gasteiger partial charge in [0.25, 0.3) is 0 Å². The summed E-state index contributed by atoms with van der Waals surface area (Å²) in [6.07, 6.45) is 0. The topological polar surface area (TPSA) is 55.4 Å². The number of hydrogen-bond acceptors (Lipinski definition) is 4. The first-order valence-electron chi connectivity index (χ1n) is 7.14. The van der Waals surface area contributed by atoms with E-state index >= 15 is 0 Å². The van der Waals surface area contributed by atoms with Crippen LogP contribution < -0.4 is 5.32 Å². The van der Waals surface area contributed by atoms with Crippen molar-refractivity contribution in [3.63, 3.8) is 0 Å². The van der Waals surface area contributed by atoms with Crippen LogP contribution in [0.1, 0.15) is 23.5 Å². The van der Waals surface area contributed by atoms with E-state index in [2.05, 4.69) is 5.32 Å².